The third-order valence-corrected chi connectivity index (χ3v) is 5.70. The Balaban J connectivity index is 1.41. The molecule has 1 aromatic carbocycles. The summed E-state index contributed by atoms with van der Waals surface area (Å²) in [6.07, 6.45) is 4.10. The van der Waals surface area contributed by atoms with Crippen molar-refractivity contribution < 1.29 is 9.53 Å². The summed E-state index contributed by atoms with van der Waals surface area (Å²) < 4.78 is 5.82. The van der Waals surface area contributed by atoms with Gasteiger partial charge in [-0.3, -0.25) is 14.7 Å². The molecule has 3 fully saturated rings. The number of fused-ring (bicyclic) bond motifs is 3. The maximum absolute atomic E-state index is 12.7. The van der Waals surface area contributed by atoms with Gasteiger partial charge in [-0.25, -0.2) is 0 Å². The third kappa shape index (κ3) is 3.44. The van der Waals surface area contributed by atoms with E-state index >= 15 is 0 Å². The van der Waals surface area contributed by atoms with E-state index in [4.69, 9.17) is 4.74 Å². The lowest BCUT2D eigenvalue weighted by Crippen LogP contribution is -2.62. The quantitative estimate of drug-likeness (QED) is 0.917. The number of ether oxygens (including phenoxy) is 1. The minimum Gasteiger partial charge on any atom is -0.457 e. The van der Waals surface area contributed by atoms with E-state index in [0.717, 1.165) is 11.4 Å². The molecule has 1 N–H and O–H groups in total. The Labute approximate surface area is 154 Å². The minimum absolute atomic E-state index is 0.00176. The van der Waals surface area contributed by atoms with Crippen LogP contribution in [-0.4, -0.2) is 41.0 Å². The van der Waals surface area contributed by atoms with Crippen LogP contribution >= 0.6 is 0 Å². The predicted octanol–water partition coefficient (Wildman–Crippen LogP) is 3.39. The van der Waals surface area contributed by atoms with Gasteiger partial charge in [0.15, 0.2) is 0 Å². The molecule has 1 amide bonds. The van der Waals surface area contributed by atoms with Crippen LogP contribution < -0.4 is 10.1 Å². The van der Waals surface area contributed by atoms with E-state index in [0.29, 0.717) is 23.3 Å². The molecule has 0 saturated carbocycles. The highest BCUT2D eigenvalue weighted by Gasteiger charge is 2.40. The van der Waals surface area contributed by atoms with Gasteiger partial charge in [-0.15, -0.1) is 0 Å². The van der Waals surface area contributed by atoms with Crippen molar-refractivity contribution in [2.75, 3.05) is 13.1 Å². The Morgan fingerprint density at radius 2 is 1.88 bits per heavy atom. The number of nitrogens with zero attached hydrogens (tertiary/aromatic N) is 2. The number of aryl methyl sites for hydroxylation is 1. The number of amides is 1. The number of nitrogens with one attached hydrogen (secondary N) is 1. The first-order chi connectivity index (χ1) is 12.6. The second kappa shape index (κ2) is 7.08. The maximum atomic E-state index is 12.7. The summed E-state index contributed by atoms with van der Waals surface area (Å²) in [6.45, 7) is 6.48. The highest BCUT2D eigenvalue weighted by Crippen LogP contribution is 2.32. The van der Waals surface area contributed by atoms with Crippen LogP contribution in [0.5, 0.6) is 11.5 Å². The zero-order valence-corrected chi connectivity index (χ0v) is 15.3. The number of hydrogen-bond donors (Lipinski definition) is 1. The number of benzene rings is 1. The maximum Gasteiger partial charge on any atom is 0.251 e. The molecule has 3 saturated heterocycles. The summed E-state index contributed by atoms with van der Waals surface area (Å²) >= 11 is 0. The molecule has 2 bridgehead atoms. The van der Waals surface area contributed by atoms with Gasteiger partial charge in [0.2, 0.25) is 0 Å². The SMILES string of the molecule is Cc1cc(Oc2ccc(C(=O)N[C@@H]3C4CCN(CC4)[C@H]3C)cc2)ccn1. The van der Waals surface area contributed by atoms with Gasteiger partial charge in [0.25, 0.3) is 5.91 Å². The largest absolute Gasteiger partial charge is 0.457 e. The first-order valence-electron chi connectivity index (χ1n) is 9.35. The zero-order valence-electron chi connectivity index (χ0n) is 15.3. The molecule has 1 aromatic heterocycles. The van der Waals surface area contributed by atoms with Crippen molar-refractivity contribution in [2.24, 2.45) is 5.92 Å². The molecule has 0 spiro atoms. The van der Waals surface area contributed by atoms with Crippen molar-refractivity contribution in [3.8, 4) is 11.5 Å². The summed E-state index contributed by atoms with van der Waals surface area (Å²) in [6, 6.07) is 11.7. The van der Waals surface area contributed by atoms with Crippen LogP contribution in [0.2, 0.25) is 0 Å². The van der Waals surface area contributed by atoms with Gasteiger partial charge in [0, 0.05) is 35.6 Å². The summed E-state index contributed by atoms with van der Waals surface area (Å²) in [5, 5.41) is 3.26. The molecule has 5 nitrogen and oxygen atoms in total. The standard InChI is InChI=1S/C21H25N3O2/c1-14-13-19(7-10-22-14)26-18-5-3-17(4-6-18)21(25)23-20-15(2)24-11-8-16(20)9-12-24/h3-7,10,13,15-16,20H,8-9,11-12H2,1-2H3,(H,23,25)/t15-,20-/m0/s1. The number of carbonyl (C=O) groups is 1. The average molecular weight is 351 g/mol. The van der Waals surface area contributed by atoms with Crippen molar-refractivity contribution in [1.82, 2.24) is 15.2 Å². The molecule has 0 unspecified atom stereocenters. The van der Waals surface area contributed by atoms with Gasteiger partial charge in [-0.2, -0.15) is 0 Å². The lowest BCUT2D eigenvalue weighted by Gasteiger charge is -2.49. The summed E-state index contributed by atoms with van der Waals surface area (Å²) in [5.41, 5.74) is 1.58. The van der Waals surface area contributed by atoms with E-state index in [1.165, 1.54) is 25.9 Å². The summed E-state index contributed by atoms with van der Waals surface area (Å²) in [5.74, 6) is 2.07. The third-order valence-electron chi connectivity index (χ3n) is 5.70. The lowest BCUT2D eigenvalue weighted by atomic mass is 9.79. The van der Waals surface area contributed by atoms with E-state index < -0.39 is 0 Å². The fraction of sp³-hybridized carbons (Fsp3) is 0.429. The molecule has 3 aliphatic rings. The number of hydrogen-bond acceptors (Lipinski definition) is 4. The molecule has 2 atom stereocenters. The van der Waals surface area contributed by atoms with Crippen molar-refractivity contribution in [1.29, 1.82) is 0 Å². The predicted molar refractivity (Wildman–Crippen MR) is 101 cm³/mol. The molecule has 0 radical (unpaired) electrons. The van der Waals surface area contributed by atoms with Crippen molar-refractivity contribution in [2.45, 2.75) is 38.8 Å². The second-order valence-corrected chi connectivity index (χ2v) is 7.37. The number of pyridine rings is 1. The summed E-state index contributed by atoms with van der Waals surface area (Å²) in [7, 11) is 0. The Hall–Kier alpha value is -2.40. The Kier molecular flexibility index (Phi) is 4.64. The van der Waals surface area contributed by atoms with Gasteiger partial charge in [0.05, 0.1) is 0 Å². The lowest BCUT2D eigenvalue weighted by molar-refractivity contribution is 0.0217. The number of carbonyl (C=O) groups excluding carboxylic acids is 1. The fourth-order valence-corrected chi connectivity index (χ4v) is 4.17. The molecule has 4 heterocycles. The zero-order chi connectivity index (χ0) is 18.1. The van der Waals surface area contributed by atoms with E-state index in [2.05, 4.69) is 22.1 Å². The van der Waals surface area contributed by atoms with Crippen molar-refractivity contribution in [3.05, 3.63) is 53.9 Å². The van der Waals surface area contributed by atoms with Gasteiger partial charge in [0.1, 0.15) is 11.5 Å². The molecule has 26 heavy (non-hydrogen) atoms. The monoisotopic (exact) mass is 351 g/mol. The van der Waals surface area contributed by atoms with E-state index in [1.807, 2.05) is 43.3 Å². The van der Waals surface area contributed by atoms with Crippen LogP contribution in [-0.2, 0) is 0 Å². The Morgan fingerprint density at radius 1 is 1.15 bits per heavy atom. The summed E-state index contributed by atoms with van der Waals surface area (Å²) in [4.78, 5) is 19.3. The molecule has 5 heteroatoms. The van der Waals surface area contributed by atoms with Gasteiger partial charge in [-0.1, -0.05) is 0 Å². The van der Waals surface area contributed by atoms with Crippen LogP contribution in [0.4, 0.5) is 0 Å². The highest BCUT2D eigenvalue weighted by atomic mass is 16.5. The first kappa shape index (κ1) is 17.0. The number of aromatic nitrogens is 1. The smallest absolute Gasteiger partial charge is 0.251 e. The van der Waals surface area contributed by atoms with E-state index in [9.17, 15) is 4.79 Å². The minimum atomic E-state index is 0.00176. The molecular weight excluding hydrogens is 326 g/mol. The molecule has 136 valence electrons. The molecule has 2 aromatic rings. The van der Waals surface area contributed by atoms with E-state index in [1.54, 1.807) is 6.20 Å². The van der Waals surface area contributed by atoms with Gasteiger partial charge >= 0.3 is 0 Å². The number of piperidine rings is 3. The Bertz CT molecular complexity index is 780. The van der Waals surface area contributed by atoms with E-state index in [-0.39, 0.29) is 11.9 Å². The van der Waals surface area contributed by atoms with Crippen LogP contribution in [0, 0.1) is 12.8 Å². The van der Waals surface area contributed by atoms with Crippen LogP contribution in [0.15, 0.2) is 42.6 Å². The van der Waals surface area contributed by atoms with Crippen LogP contribution in [0.3, 0.4) is 0 Å². The van der Waals surface area contributed by atoms with Gasteiger partial charge in [-0.05, 0) is 76.0 Å². The van der Waals surface area contributed by atoms with Crippen LogP contribution in [0.1, 0.15) is 35.8 Å². The Morgan fingerprint density at radius 3 is 2.54 bits per heavy atom. The average Bonchev–Trinajstić information content (AvgIpc) is 2.65. The molecule has 0 aliphatic carbocycles. The number of rotatable bonds is 4. The van der Waals surface area contributed by atoms with Crippen molar-refractivity contribution >= 4 is 5.91 Å². The van der Waals surface area contributed by atoms with Crippen molar-refractivity contribution in [3.63, 3.8) is 0 Å². The second-order valence-electron chi connectivity index (χ2n) is 7.37. The molecule has 3 aliphatic heterocycles. The fourth-order valence-electron chi connectivity index (χ4n) is 4.17. The highest BCUT2D eigenvalue weighted by molar-refractivity contribution is 5.94. The topological polar surface area (TPSA) is 54.5 Å². The van der Waals surface area contributed by atoms with Crippen LogP contribution in [0.25, 0.3) is 0 Å². The molecule has 5 rings (SSSR count). The van der Waals surface area contributed by atoms with Gasteiger partial charge < -0.3 is 10.1 Å². The normalized spacial score (nSPS) is 27.2. The first-order valence-corrected chi connectivity index (χ1v) is 9.35. The molecular formula is C21H25N3O2.